The minimum absolute atomic E-state index is 0.160. The smallest absolute Gasteiger partial charge is 0.263 e. The number of hydrogen-bond donors (Lipinski definition) is 1. The molecule has 0 spiro atoms. The molecule has 114 valence electrons. The van der Waals surface area contributed by atoms with E-state index in [9.17, 15) is 4.79 Å². The SMILES string of the molecule is Cc1nc(-c2ccc(Cl)s2)sc1C(=O)NCc1nncn1C. The molecule has 3 heterocycles. The molecule has 0 aliphatic rings. The molecule has 0 aliphatic heterocycles. The Bertz CT molecular complexity index is 822. The van der Waals surface area contributed by atoms with Gasteiger partial charge >= 0.3 is 0 Å². The molecule has 1 amide bonds. The van der Waals surface area contributed by atoms with E-state index in [-0.39, 0.29) is 5.91 Å². The second kappa shape index (κ2) is 6.15. The summed E-state index contributed by atoms with van der Waals surface area (Å²) in [5, 5.41) is 11.4. The molecule has 0 aliphatic carbocycles. The number of amides is 1. The molecule has 0 bridgehead atoms. The van der Waals surface area contributed by atoms with E-state index in [2.05, 4.69) is 20.5 Å². The summed E-state index contributed by atoms with van der Waals surface area (Å²) in [4.78, 5) is 18.3. The lowest BCUT2D eigenvalue weighted by atomic mass is 10.3. The van der Waals surface area contributed by atoms with Gasteiger partial charge in [0.25, 0.3) is 5.91 Å². The molecule has 0 aromatic carbocycles. The summed E-state index contributed by atoms with van der Waals surface area (Å²) in [5.74, 6) is 0.535. The Morgan fingerprint density at radius 3 is 2.86 bits per heavy atom. The van der Waals surface area contributed by atoms with Gasteiger partial charge < -0.3 is 9.88 Å². The number of nitrogens with zero attached hydrogens (tertiary/aromatic N) is 4. The molecule has 0 radical (unpaired) electrons. The van der Waals surface area contributed by atoms with Crippen LogP contribution < -0.4 is 5.32 Å². The van der Waals surface area contributed by atoms with Crippen LogP contribution in [0, 0.1) is 6.92 Å². The Morgan fingerprint density at radius 2 is 2.23 bits per heavy atom. The summed E-state index contributed by atoms with van der Waals surface area (Å²) in [6.45, 7) is 2.15. The molecule has 0 saturated carbocycles. The zero-order chi connectivity index (χ0) is 15.7. The van der Waals surface area contributed by atoms with E-state index in [0.717, 1.165) is 9.88 Å². The summed E-state index contributed by atoms with van der Waals surface area (Å²) in [7, 11) is 1.83. The van der Waals surface area contributed by atoms with Crippen molar-refractivity contribution in [3.63, 3.8) is 0 Å². The Hall–Kier alpha value is -1.77. The second-order valence-corrected chi connectivity index (χ2v) is 7.29. The number of carbonyl (C=O) groups is 1. The first-order chi connectivity index (χ1) is 10.5. The summed E-state index contributed by atoms with van der Waals surface area (Å²) < 4.78 is 2.47. The van der Waals surface area contributed by atoms with Gasteiger partial charge in [-0.05, 0) is 19.1 Å². The molecule has 1 N–H and O–H groups in total. The number of nitrogens with one attached hydrogen (secondary N) is 1. The normalized spacial score (nSPS) is 10.9. The van der Waals surface area contributed by atoms with Gasteiger partial charge in [-0.1, -0.05) is 11.6 Å². The van der Waals surface area contributed by atoms with E-state index in [4.69, 9.17) is 11.6 Å². The molecule has 3 aromatic heterocycles. The van der Waals surface area contributed by atoms with Crippen LogP contribution in [-0.2, 0) is 13.6 Å². The molecule has 22 heavy (non-hydrogen) atoms. The summed E-state index contributed by atoms with van der Waals surface area (Å²) in [5.41, 5.74) is 0.708. The van der Waals surface area contributed by atoms with Crippen molar-refractivity contribution in [1.82, 2.24) is 25.1 Å². The molecule has 3 aromatic rings. The maximum atomic E-state index is 12.3. The molecule has 3 rings (SSSR count). The van der Waals surface area contributed by atoms with Gasteiger partial charge in [-0.25, -0.2) is 4.98 Å². The van der Waals surface area contributed by atoms with Crippen LogP contribution in [0.2, 0.25) is 4.34 Å². The van der Waals surface area contributed by atoms with E-state index < -0.39 is 0 Å². The maximum Gasteiger partial charge on any atom is 0.263 e. The number of carbonyl (C=O) groups excluding carboxylic acids is 1. The molecule has 0 saturated heterocycles. The van der Waals surface area contributed by atoms with Crippen molar-refractivity contribution in [2.24, 2.45) is 7.05 Å². The molecule has 0 unspecified atom stereocenters. The predicted molar refractivity (Wildman–Crippen MR) is 87.3 cm³/mol. The lowest BCUT2D eigenvalue weighted by molar-refractivity contribution is 0.0953. The van der Waals surface area contributed by atoms with Crippen molar-refractivity contribution in [2.75, 3.05) is 0 Å². The Kier molecular flexibility index (Phi) is 4.23. The van der Waals surface area contributed by atoms with Crippen LogP contribution in [0.5, 0.6) is 0 Å². The maximum absolute atomic E-state index is 12.3. The summed E-state index contributed by atoms with van der Waals surface area (Å²) >= 11 is 8.75. The van der Waals surface area contributed by atoms with Crippen molar-refractivity contribution < 1.29 is 4.79 Å². The summed E-state index contributed by atoms with van der Waals surface area (Å²) in [6.07, 6.45) is 1.60. The number of rotatable bonds is 4. The molecular weight excluding hydrogens is 342 g/mol. The van der Waals surface area contributed by atoms with Gasteiger partial charge in [0.05, 0.1) is 21.5 Å². The van der Waals surface area contributed by atoms with Crippen molar-refractivity contribution >= 4 is 40.2 Å². The highest BCUT2D eigenvalue weighted by Gasteiger charge is 2.17. The van der Waals surface area contributed by atoms with Crippen molar-refractivity contribution in [1.29, 1.82) is 0 Å². The minimum atomic E-state index is -0.160. The first-order valence-electron chi connectivity index (χ1n) is 6.39. The number of hydrogen-bond acceptors (Lipinski definition) is 6. The topological polar surface area (TPSA) is 72.7 Å². The van der Waals surface area contributed by atoms with Crippen molar-refractivity contribution in [3.8, 4) is 9.88 Å². The van der Waals surface area contributed by atoms with E-state index in [1.165, 1.54) is 22.7 Å². The van der Waals surface area contributed by atoms with Gasteiger partial charge in [0.2, 0.25) is 0 Å². The third-order valence-electron chi connectivity index (χ3n) is 3.00. The second-order valence-electron chi connectivity index (χ2n) is 4.58. The quantitative estimate of drug-likeness (QED) is 0.782. The van der Waals surface area contributed by atoms with Gasteiger partial charge in [-0.15, -0.1) is 32.9 Å². The number of aromatic nitrogens is 4. The van der Waals surface area contributed by atoms with E-state index in [0.29, 0.717) is 27.3 Å². The fraction of sp³-hybridized carbons (Fsp3) is 0.231. The number of aryl methyl sites for hydroxylation is 2. The Labute approximate surface area is 139 Å². The minimum Gasteiger partial charge on any atom is -0.344 e. The monoisotopic (exact) mass is 353 g/mol. The lowest BCUT2D eigenvalue weighted by Gasteiger charge is -2.03. The Balaban J connectivity index is 1.75. The van der Waals surface area contributed by atoms with Gasteiger partial charge in [0.1, 0.15) is 16.2 Å². The van der Waals surface area contributed by atoms with E-state index in [1.54, 1.807) is 10.9 Å². The molecule has 9 heteroatoms. The zero-order valence-corrected chi connectivity index (χ0v) is 14.2. The van der Waals surface area contributed by atoms with Crippen molar-refractivity contribution in [3.05, 3.63) is 39.2 Å². The first-order valence-corrected chi connectivity index (χ1v) is 8.40. The Morgan fingerprint density at radius 1 is 1.41 bits per heavy atom. The molecular formula is C13H12ClN5OS2. The van der Waals surface area contributed by atoms with E-state index >= 15 is 0 Å². The van der Waals surface area contributed by atoms with Crippen LogP contribution in [-0.4, -0.2) is 25.7 Å². The van der Waals surface area contributed by atoms with Crippen LogP contribution in [0.25, 0.3) is 9.88 Å². The third-order valence-corrected chi connectivity index (χ3v) is 5.56. The standard InChI is InChI=1S/C13H12ClN5OS2/c1-7-11(12(20)15-5-10-18-16-6-19(10)2)22-13(17-7)8-3-4-9(14)21-8/h3-4,6H,5H2,1-2H3,(H,15,20). The van der Waals surface area contributed by atoms with Crippen LogP contribution in [0.4, 0.5) is 0 Å². The highest BCUT2D eigenvalue weighted by atomic mass is 35.5. The number of halogens is 1. The van der Waals surface area contributed by atoms with Gasteiger partial charge in [0.15, 0.2) is 5.82 Å². The van der Waals surface area contributed by atoms with Gasteiger partial charge in [0, 0.05) is 7.05 Å². The molecule has 0 atom stereocenters. The van der Waals surface area contributed by atoms with E-state index in [1.807, 2.05) is 26.1 Å². The van der Waals surface area contributed by atoms with Crippen molar-refractivity contribution in [2.45, 2.75) is 13.5 Å². The average molecular weight is 354 g/mol. The zero-order valence-electron chi connectivity index (χ0n) is 11.8. The largest absolute Gasteiger partial charge is 0.344 e. The first kappa shape index (κ1) is 15.1. The number of thiophene rings is 1. The van der Waals surface area contributed by atoms with Crippen LogP contribution >= 0.6 is 34.3 Å². The van der Waals surface area contributed by atoms with Crippen LogP contribution in [0.1, 0.15) is 21.2 Å². The highest BCUT2D eigenvalue weighted by molar-refractivity contribution is 7.24. The average Bonchev–Trinajstić information content (AvgIpc) is 3.17. The lowest BCUT2D eigenvalue weighted by Crippen LogP contribution is -2.24. The fourth-order valence-electron chi connectivity index (χ4n) is 1.85. The van der Waals surface area contributed by atoms with Crippen LogP contribution in [0.3, 0.4) is 0 Å². The highest BCUT2D eigenvalue weighted by Crippen LogP contribution is 2.34. The van der Waals surface area contributed by atoms with Crippen LogP contribution in [0.15, 0.2) is 18.5 Å². The predicted octanol–water partition coefficient (Wildman–Crippen LogP) is 2.89. The van der Waals surface area contributed by atoms with Gasteiger partial charge in [-0.2, -0.15) is 0 Å². The summed E-state index contributed by atoms with van der Waals surface area (Å²) in [6, 6.07) is 3.73. The van der Waals surface area contributed by atoms with Gasteiger partial charge in [-0.3, -0.25) is 4.79 Å². The fourth-order valence-corrected chi connectivity index (χ4v) is 3.93. The molecule has 0 fully saturated rings. The number of thiazole rings is 1. The molecule has 6 nitrogen and oxygen atoms in total. The third kappa shape index (κ3) is 3.03.